The summed E-state index contributed by atoms with van der Waals surface area (Å²) in [4.78, 5) is 22.8. The van der Waals surface area contributed by atoms with Gasteiger partial charge in [0, 0.05) is 25.4 Å². The van der Waals surface area contributed by atoms with Gasteiger partial charge in [0.05, 0.1) is 19.8 Å². The number of ketones is 1. The van der Waals surface area contributed by atoms with Gasteiger partial charge in [-0.1, -0.05) is 0 Å². The van der Waals surface area contributed by atoms with Crippen molar-refractivity contribution in [3.8, 4) is 0 Å². The van der Waals surface area contributed by atoms with Crippen LogP contribution in [0.4, 0.5) is 0 Å². The number of carbonyl (C=O) groups is 2. The first kappa shape index (κ1) is 16.1. The van der Waals surface area contributed by atoms with Gasteiger partial charge in [0.25, 0.3) is 0 Å². The molecule has 0 aromatic rings. The Labute approximate surface area is 114 Å². The first-order valence-corrected chi connectivity index (χ1v) is 7.08. The highest BCUT2D eigenvalue weighted by Gasteiger charge is 2.24. The van der Waals surface area contributed by atoms with Crippen LogP contribution in [0.1, 0.15) is 39.0 Å². The first-order chi connectivity index (χ1) is 9.24. The Morgan fingerprint density at radius 2 is 1.95 bits per heavy atom. The number of carbonyl (C=O) groups excluding carboxylic acids is 2. The summed E-state index contributed by atoms with van der Waals surface area (Å²) in [5.74, 6) is 0.134. The minimum absolute atomic E-state index is 0.0787. The normalized spacial score (nSPS) is 18.8. The summed E-state index contributed by atoms with van der Waals surface area (Å²) < 4.78 is 15.4. The number of Topliss-reactive ketones (excluding diaryl/α,β-unsaturated/α-hetero) is 1. The molecule has 0 saturated heterocycles. The van der Waals surface area contributed by atoms with Gasteiger partial charge in [0.15, 0.2) is 0 Å². The van der Waals surface area contributed by atoms with E-state index in [0.29, 0.717) is 51.5 Å². The van der Waals surface area contributed by atoms with Crippen molar-refractivity contribution < 1.29 is 23.8 Å². The zero-order chi connectivity index (χ0) is 13.9. The summed E-state index contributed by atoms with van der Waals surface area (Å²) in [6, 6.07) is 0. The van der Waals surface area contributed by atoms with Crippen molar-refractivity contribution in [1.82, 2.24) is 0 Å². The van der Waals surface area contributed by atoms with Gasteiger partial charge < -0.3 is 14.2 Å². The molecule has 0 spiro atoms. The largest absolute Gasteiger partial charge is 0.463 e. The van der Waals surface area contributed by atoms with Crippen molar-refractivity contribution in [2.24, 2.45) is 5.92 Å². The maximum Gasteiger partial charge on any atom is 0.305 e. The van der Waals surface area contributed by atoms with Crippen molar-refractivity contribution in [2.75, 3.05) is 33.0 Å². The molecular weight excluding hydrogens is 248 g/mol. The molecule has 1 rings (SSSR count). The second-order valence-corrected chi connectivity index (χ2v) is 4.62. The van der Waals surface area contributed by atoms with Crippen LogP contribution in [0.25, 0.3) is 0 Å². The van der Waals surface area contributed by atoms with Gasteiger partial charge in [-0.25, -0.2) is 0 Å². The van der Waals surface area contributed by atoms with Gasteiger partial charge in [-0.15, -0.1) is 0 Å². The second kappa shape index (κ2) is 9.92. The lowest BCUT2D eigenvalue weighted by Crippen LogP contribution is -2.14. The van der Waals surface area contributed by atoms with E-state index in [9.17, 15) is 9.59 Å². The monoisotopic (exact) mass is 272 g/mol. The molecule has 19 heavy (non-hydrogen) atoms. The summed E-state index contributed by atoms with van der Waals surface area (Å²) in [5.41, 5.74) is 0. The van der Waals surface area contributed by atoms with Crippen LogP contribution in [0.15, 0.2) is 0 Å². The molecule has 5 nitrogen and oxygen atoms in total. The predicted molar refractivity (Wildman–Crippen MR) is 69.9 cm³/mol. The number of ether oxygens (including phenoxy) is 3. The SMILES string of the molecule is CCOCCOCCOC(=O)CCC1CCCC1=O. The van der Waals surface area contributed by atoms with Crippen molar-refractivity contribution >= 4 is 11.8 Å². The molecule has 0 radical (unpaired) electrons. The van der Waals surface area contributed by atoms with Crippen molar-refractivity contribution in [3.63, 3.8) is 0 Å². The minimum atomic E-state index is -0.242. The van der Waals surface area contributed by atoms with E-state index in [1.54, 1.807) is 0 Å². The molecule has 0 aromatic heterocycles. The predicted octanol–water partition coefficient (Wildman–Crippen LogP) is 1.73. The van der Waals surface area contributed by atoms with Crippen molar-refractivity contribution in [2.45, 2.75) is 39.0 Å². The van der Waals surface area contributed by atoms with Gasteiger partial charge in [0.1, 0.15) is 12.4 Å². The van der Waals surface area contributed by atoms with E-state index in [-0.39, 0.29) is 18.5 Å². The highest BCUT2D eigenvalue weighted by atomic mass is 16.6. The zero-order valence-corrected chi connectivity index (χ0v) is 11.7. The molecule has 0 N–H and O–H groups in total. The van der Waals surface area contributed by atoms with Crippen molar-refractivity contribution in [3.05, 3.63) is 0 Å². The molecule has 1 unspecified atom stereocenters. The Hall–Kier alpha value is -0.940. The lowest BCUT2D eigenvalue weighted by Gasteiger charge is -2.08. The zero-order valence-electron chi connectivity index (χ0n) is 11.7. The van der Waals surface area contributed by atoms with Gasteiger partial charge >= 0.3 is 5.97 Å². The third kappa shape index (κ3) is 7.28. The van der Waals surface area contributed by atoms with Crippen LogP contribution in [0.2, 0.25) is 0 Å². The highest BCUT2D eigenvalue weighted by Crippen LogP contribution is 2.25. The van der Waals surface area contributed by atoms with Crippen LogP contribution in [0, 0.1) is 5.92 Å². The Kier molecular flexibility index (Phi) is 8.41. The van der Waals surface area contributed by atoms with E-state index in [4.69, 9.17) is 14.2 Å². The summed E-state index contributed by atoms with van der Waals surface area (Å²) in [6.45, 7) is 4.34. The molecule has 0 aliphatic heterocycles. The summed E-state index contributed by atoms with van der Waals surface area (Å²) >= 11 is 0. The van der Waals surface area contributed by atoms with Crippen LogP contribution in [0.3, 0.4) is 0 Å². The molecule has 0 heterocycles. The number of hydrogen-bond donors (Lipinski definition) is 0. The van der Waals surface area contributed by atoms with E-state index < -0.39 is 0 Å². The maximum atomic E-state index is 11.4. The average molecular weight is 272 g/mol. The van der Waals surface area contributed by atoms with Gasteiger partial charge in [-0.2, -0.15) is 0 Å². The number of esters is 1. The molecule has 110 valence electrons. The summed E-state index contributed by atoms with van der Waals surface area (Å²) in [6.07, 6.45) is 3.52. The number of hydrogen-bond acceptors (Lipinski definition) is 5. The highest BCUT2D eigenvalue weighted by molar-refractivity contribution is 5.83. The van der Waals surface area contributed by atoms with Crippen LogP contribution in [-0.4, -0.2) is 44.8 Å². The summed E-state index contributed by atoms with van der Waals surface area (Å²) in [7, 11) is 0. The van der Waals surface area contributed by atoms with E-state index in [0.717, 1.165) is 12.8 Å². The Bertz CT molecular complexity index is 277. The van der Waals surface area contributed by atoms with Crippen LogP contribution in [0.5, 0.6) is 0 Å². The van der Waals surface area contributed by atoms with Gasteiger partial charge in [-0.3, -0.25) is 9.59 Å². The average Bonchev–Trinajstić information content (AvgIpc) is 2.81. The molecular formula is C14H24O5. The molecule has 0 bridgehead atoms. The maximum absolute atomic E-state index is 11.4. The Morgan fingerprint density at radius 3 is 2.63 bits per heavy atom. The van der Waals surface area contributed by atoms with E-state index in [1.807, 2.05) is 6.92 Å². The third-order valence-corrected chi connectivity index (χ3v) is 3.19. The van der Waals surface area contributed by atoms with E-state index in [1.165, 1.54) is 0 Å². The lowest BCUT2D eigenvalue weighted by atomic mass is 10.0. The molecule has 1 saturated carbocycles. The van der Waals surface area contributed by atoms with E-state index in [2.05, 4.69) is 0 Å². The quantitative estimate of drug-likeness (QED) is 0.448. The second-order valence-electron chi connectivity index (χ2n) is 4.62. The fourth-order valence-corrected chi connectivity index (χ4v) is 2.14. The minimum Gasteiger partial charge on any atom is -0.463 e. The molecule has 0 amide bonds. The molecule has 5 heteroatoms. The number of rotatable bonds is 10. The molecule has 1 atom stereocenters. The molecule has 1 fully saturated rings. The van der Waals surface area contributed by atoms with Gasteiger partial charge in [0.2, 0.25) is 0 Å². The smallest absolute Gasteiger partial charge is 0.305 e. The topological polar surface area (TPSA) is 61.8 Å². The van der Waals surface area contributed by atoms with Crippen molar-refractivity contribution in [1.29, 1.82) is 0 Å². The fraction of sp³-hybridized carbons (Fsp3) is 0.857. The third-order valence-electron chi connectivity index (χ3n) is 3.19. The van der Waals surface area contributed by atoms with Crippen LogP contribution < -0.4 is 0 Å². The van der Waals surface area contributed by atoms with Gasteiger partial charge in [-0.05, 0) is 26.2 Å². The lowest BCUT2D eigenvalue weighted by molar-refractivity contribution is -0.145. The molecule has 1 aliphatic carbocycles. The van der Waals surface area contributed by atoms with E-state index >= 15 is 0 Å². The first-order valence-electron chi connectivity index (χ1n) is 7.08. The van der Waals surface area contributed by atoms with Crippen LogP contribution >= 0.6 is 0 Å². The fourth-order valence-electron chi connectivity index (χ4n) is 2.14. The standard InChI is InChI=1S/C14H24O5/c1-2-17-8-9-18-10-11-19-14(16)7-6-12-4-3-5-13(12)15/h12H,2-11H2,1H3. The Balaban J connectivity index is 1.92. The van der Waals surface area contributed by atoms with Crippen LogP contribution in [-0.2, 0) is 23.8 Å². The molecule has 0 aromatic carbocycles. The summed E-state index contributed by atoms with van der Waals surface area (Å²) in [5, 5.41) is 0. The Morgan fingerprint density at radius 1 is 1.21 bits per heavy atom. The molecule has 1 aliphatic rings.